The Hall–Kier alpha value is -0.610. The molecule has 0 aromatic carbocycles. The van der Waals surface area contributed by atoms with Crippen LogP contribution in [-0.4, -0.2) is 47.7 Å². The fraction of sp³-hybridized carbons (Fsp3) is 0.923. The molecule has 2 rings (SSSR count). The molecule has 98 valence electrons. The monoisotopic (exact) mass is 240 g/mol. The minimum absolute atomic E-state index is 0.0880. The number of nitrogens with zero attached hydrogens (tertiary/aromatic N) is 1. The van der Waals surface area contributed by atoms with Crippen LogP contribution in [0.2, 0.25) is 0 Å². The second kappa shape index (κ2) is 4.94. The van der Waals surface area contributed by atoms with Gasteiger partial charge in [-0.05, 0) is 32.7 Å². The molecule has 4 nitrogen and oxygen atoms in total. The van der Waals surface area contributed by atoms with Crippen molar-refractivity contribution in [1.29, 1.82) is 0 Å². The molecule has 0 bridgehead atoms. The second-order valence-corrected chi connectivity index (χ2v) is 5.76. The summed E-state index contributed by atoms with van der Waals surface area (Å²) in [6, 6.07) is 0.267. The van der Waals surface area contributed by atoms with Gasteiger partial charge in [-0.1, -0.05) is 12.8 Å². The van der Waals surface area contributed by atoms with Gasteiger partial charge in [0.1, 0.15) is 0 Å². The molecule has 1 saturated heterocycles. The third-order valence-corrected chi connectivity index (χ3v) is 4.28. The number of rotatable bonds is 3. The van der Waals surface area contributed by atoms with Gasteiger partial charge in [-0.15, -0.1) is 0 Å². The van der Waals surface area contributed by atoms with E-state index in [2.05, 4.69) is 12.2 Å². The van der Waals surface area contributed by atoms with Gasteiger partial charge >= 0.3 is 0 Å². The van der Waals surface area contributed by atoms with Gasteiger partial charge in [0.05, 0.1) is 11.5 Å². The van der Waals surface area contributed by atoms with Gasteiger partial charge in [0.15, 0.2) is 0 Å². The summed E-state index contributed by atoms with van der Waals surface area (Å²) < 4.78 is 0. The smallest absolute Gasteiger partial charge is 0.227 e. The first-order valence-corrected chi connectivity index (χ1v) is 6.73. The van der Waals surface area contributed by atoms with E-state index in [-0.39, 0.29) is 17.9 Å². The van der Waals surface area contributed by atoms with E-state index in [0.717, 1.165) is 38.6 Å². The van der Waals surface area contributed by atoms with Crippen LogP contribution >= 0.6 is 0 Å². The van der Waals surface area contributed by atoms with Crippen molar-refractivity contribution >= 4 is 5.91 Å². The molecule has 1 saturated carbocycles. The first-order chi connectivity index (χ1) is 8.02. The molecule has 1 amide bonds. The maximum Gasteiger partial charge on any atom is 0.227 e. The van der Waals surface area contributed by atoms with E-state index in [1.54, 1.807) is 4.90 Å². The van der Waals surface area contributed by atoms with E-state index in [4.69, 9.17) is 0 Å². The van der Waals surface area contributed by atoms with Gasteiger partial charge in [-0.2, -0.15) is 0 Å². The van der Waals surface area contributed by atoms with E-state index in [1.165, 1.54) is 0 Å². The van der Waals surface area contributed by atoms with Crippen LogP contribution in [0.1, 0.15) is 39.0 Å². The van der Waals surface area contributed by atoms with Crippen LogP contribution in [0.25, 0.3) is 0 Å². The fourth-order valence-electron chi connectivity index (χ4n) is 3.19. The summed E-state index contributed by atoms with van der Waals surface area (Å²) in [6.45, 7) is 3.48. The number of hydrogen-bond acceptors (Lipinski definition) is 3. The minimum Gasteiger partial charge on any atom is -0.388 e. The molecule has 1 aliphatic heterocycles. The summed E-state index contributed by atoms with van der Waals surface area (Å²) in [5.74, 6) is 0.271. The molecule has 17 heavy (non-hydrogen) atoms. The number of carbonyl (C=O) groups excluding carboxylic acids is 1. The molecule has 0 aromatic rings. The van der Waals surface area contributed by atoms with Gasteiger partial charge in [0.25, 0.3) is 0 Å². The van der Waals surface area contributed by atoms with Gasteiger partial charge < -0.3 is 15.3 Å². The van der Waals surface area contributed by atoms with Crippen LogP contribution in [0.15, 0.2) is 0 Å². The summed E-state index contributed by atoms with van der Waals surface area (Å²) in [7, 11) is 1.82. The molecule has 1 aliphatic carbocycles. The molecule has 4 heteroatoms. The Kier molecular flexibility index (Phi) is 3.73. The van der Waals surface area contributed by atoms with E-state index < -0.39 is 5.60 Å². The Morgan fingerprint density at radius 3 is 2.65 bits per heavy atom. The van der Waals surface area contributed by atoms with Crippen molar-refractivity contribution in [3.05, 3.63) is 0 Å². The highest BCUT2D eigenvalue weighted by molar-refractivity contribution is 5.79. The summed E-state index contributed by atoms with van der Waals surface area (Å²) in [5.41, 5.74) is -0.625. The summed E-state index contributed by atoms with van der Waals surface area (Å²) >= 11 is 0. The molecule has 0 radical (unpaired) electrons. The number of nitrogens with one attached hydrogen (secondary N) is 1. The Morgan fingerprint density at radius 1 is 1.47 bits per heavy atom. The second-order valence-electron chi connectivity index (χ2n) is 5.76. The van der Waals surface area contributed by atoms with Crippen molar-refractivity contribution < 1.29 is 9.90 Å². The van der Waals surface area contributed by atoms with Crippen LogP contribution in [0.5, 0.6) is 0 Å². The van der Waals surface area contributed by atoms with Crippen LogP contribution in [-0.2, 0) is 4.79 Å². The zero-order valence-corrected chi connectivity index (χ0v) is 10.9. The predicted molar refractivity (Wildman–Crippen MR) is 66.6 cm³/mol. The van der Waals surface area contributed by atoms with Crippen molar-refractivity contribution in [3.63, 3.8) is 0 Å². The van der Waals surface area contributed by atoms with E-state index in [9.17, 15) is 9.90 Å². The highest BCUT2D eigenvalue weighted by Crippen LogP contribution is 2.30. The zero-order chi connectivity index (χ0) is 12.5. The molecule has 0 spiro atoms. The molecule has 2 fully saturated rings. The third-order valence-electron chi connectivity index (χ3n) is 4.28. The molecule has 2 atom stereocenters. The maximum absolute atomic E-state index is 12.3. The lowest BCUT2D eigenvalue weighted by Crippen LogP contribution is -2.45. The highest BCUT2D eigenvalue weighted by atomic mass is 16.3. The number of aliphatic hydroxyl groups is 1. The number of likely N-dealkylation sites (N-methyl/N-ethyl adjacent to an activating group) is 1. The van der Waals surface area contributed by atoms with E-state index >= 15 is 0 Å². The SMILES string of the molecule is CC1NCCC1C(=O)N(C)CC1(O)CCCC1. The average molecular weight is 240 g/mol. The first kappa shape index (κ1) is 12.8. The summed E-state index contributed by atoms with van der Waals surface area (Å²) in [6.07, 6.45) is 4.76. The van der Waals surface area contributed by atoms with E-state index in [0.29, 0.717) is 6.54 Å². The molecule has 1 heterocycles. The lowest BCUT2D eigenvalue weighted by molar-refractivity contribution is -0.137. The Labute approximate surface area is 103 Å². The van der Waals surface area contributed by atoms with Crippen LogP contribution in [0, 0.1) is 5.92 Å². The van der Waals surface area contributed by atoms with Gasteiger partial charge in [-0.25, -0.2) is 0 Å². The summed E-state index contributed by atoms with van der Waals surface area (Å²) in [4.78, 5) is 14.0. The van der Waals surface area contributed by atoms with Crippen LogP contribution < -0.4 is 5.32 Å². The molecule has 2 N–H and O–H groups in total. The largest absolute Gasteiger partial charge is 0.388 e. The first-order valence-electron chi connectivity index (χ1n) is 6.73. The Balaban J connectivity index is 1.90. The molecule has 2 aliphatic rings. The highest BCUT2D eigenvalue weighted by Gasteiger charge is 2.37. The van der Waals surface area contributed by atoms with Gasteiger partial charge in [0, 0.05) is 19.6 Å². The van der Waals surface area contributed by atoms with Crippen molar-refractivity contribution in [1.82, 2.24) is 10.2 Å². The third kappa shape index (κ3) is 2.80. The quantitative estimate of drug-likeness (QED) is 0.765. The Bertz CT molecular complexity index is 287. The van der Waals surface area contributed by atoms with Crippen molar-refractivity contribution in [2.75, 3.05) is 20.1 Å². The van der Waals surface area contributed by atoms with Gasteiger partial charge in [-0.3, -0.25) is 4.79 Å². The fourth-order valence-corrected chi connectivity index (χ4v) is 3.19. The normalized spacial score (nSPS) is 31.7. The molecule has 0 aromatic heterocycles. The lowest BCUT2D eigenvalue weighted by Gasteiger charge is -2.31. The molecule has 2 unspecified atom stereocenters. The average Bonchev–Trinajstić information content (AvgIpc) is 2.86. The topological polar surface area (TPSA) is 52.6 Å². The van der Waals surface area contributed by atoms with Gasteiger partial charge in [0.2, 0.25) is 5.91 Å². The molecular formula is C13H24N2O2. The predicted octanol–water partition coefficient (Wildman–Crippen LogP) is 0.748. The van der Waals surface area contributed by atoms with Crippen LogP contribution in [0.4, 0.5) is 0 Å². The van der Waals surface area contributed by atoms with E-state index in [1.807, 2.05) is 7.05 Å². The number of hydrogen-bond donors (Lipinski definition) is 2. The lowest BCUT2D eigenvalue weighted by atomic mass is 9.98. The minimum atomic E-state index is -0.625. The van der Waals surface area contributed by atoms with Crippen molar-refractivity contribution in [2.24, 2.45) is 5.92 Å². The zero-order valence-electron chi connectivity index (χ0n) is 10.9. The van der Waals surface area contributed by atoms with Crippen LogP contribution in [0.3, 0.4) is 0 Å². The van der Waals surface area contributed by atoms with Crippen molar-refractivity contribution in [3.8, 4) is 0 Å². The maximum atomic E-state index is 12.3. The summed E-state index contributed by atoms with van der Waals surface area (Å²) in [5, 5.41) is 13.6. The van der Waals surface area contributed by atoms with Crippen molar-refractivity contribution in [2.45, 2.75) is 50.7 Å². The number of carbonyl (C=O) groups is 1. The molecular weight excluding hydrogens is 216 g/mol. The standard InChI is InChI=1S/C13H24N2O2/c1-10-11(5-8-14-10)12(16)15(2)9-13(17)6-3-4-7-13/h10-11,14,17H,3-9H2,1-2H3. The Morgan fingerprint density at radius 2 is 2.12 bits per heavy atom. The number of amides is 1.